The van der Waals surface area contributed by atoms with E-state index in [9.17, 15) is 14.7 Å². The Morgan fingerprint density at radius 2 is 1.81 bits per heavy atom. The lowest BCUT2D eigenvalue weighted by Gasteiger charge is -2.26. The number of carbonyl (C=O) groups excluding carboxylic acids is 1. The van der Waals surface area contributed by atoms with Gasteiger partial charge < -0.3 is 19.2 Å². The fourth-order valence-electron chi connectivity index (χ4n) is 4.15. The number of fused-ring (bicyclic) bond motifs is 2. The van der Waals surface area contributed by atoms with Crippen LogP contribution in [0.4, 0.5) is 0 Å². The number of rotatable bonds is 4. The van der Waals surface area contributed by atoms with Crippen LogP contribution in [-0.4, -0.2) is 23.0 Å². The number of ether oxygens (including phenoxy) is 1. The number of aromatic hydroxyl groups is 1. The minimum absolute atomic E-state index is 0.0118. The van der Waals surface area contributed by atoms with Crippen LogP contribution in [0.2, 0.25) is 5.02 Å². The second-order valence-electron chi connectivity index (χ2n) is 7.53. The van der Waals surface area contributed by atoms with E-state index in [2.05, 4.69) is 0 Å². The first-order valence-corrected chi connectivity index (χ1v) is 10.3. The highest BCUT2D eigenvalue weighted by molar-refractivity contribution is 6.31. The van der Waals surface area contributed by atoms with Crippen molar-refractivity contribution in [1.29, 1.82) is 0 Å². The summed E-state index contributed by atoms with van der Waals surface area (Å²) in [6.07, 6.45) is 0. The van der Waals surface area contributed by atoms with E-state index >= 15 is 0 Å². The van der Waals surface area contributed by atoms with Crippen molar-refractivity contribution in [2.75, 3.05) is 7.11 Å². The Bertz CT molecular complexity index is 1430. The fourth-order valence-corrected chi connectivity index (χ4v) is 4.35. The number of hydrogen-bond donors (Lipinski definition) is 1. The predicted molar refractivity (Wildman–Crippen MR) is 120 cm³/mol. The minimum Gasteiger partial charge on any atom is -0.504 e. The molecular formula is C25H18ClNO5. The van der Waals surface area contributed by atoms with Crippen molar-refractivity contribution in [2.24, 2.45) is 0 Å². The van der Waals surface area contributed by atoms with Gasteiger partial charge in [-0.2, -0.15) is 0 Å². The van der Waals surface area contributed by atoms with Crippen molar-refractivity contribution in [1.82, 2.24) is 4.90 Å². The van der Waals surface area contributed by atoms with E-state index in [1.807, 2.05) is 18.2 Å². The molecule has 0 unspecified atom stereocenters. The molecule has 0 saturated heterocycles. The van der Waals surface area contributed by atoms with Gasteiger partial charge in [0.1, 0.15) is 5.58 Å². The van der Waals surface area contributed by atoms with Gasteiger partial charge in [0.05, 0.1) is 24.1 Å². The number of methoxy groups -OCH3 is 1. The van der Waals surface area contributed by atoms with Crippen LogP contribution in [0.15, 0.2) is 75.9 Å². The molecule has 0 bridgehead atoms. The van der Waals surface area contributed by atoms with Crippen molar-refractivity contribution >= 4 is 28.5 Å². The van der Waals surface area contributed by atoms with Crippen molar-refractivity contribution < 1.29 is 19.1 Å². The molecule has 1 N–H and O–H groups in total. The Hall–Kier alpha value is -3.77. The van der Waals surface area contributed by atoms with Crippen molar-refractivity contribution in [3.05, 3.63) is 104 Å². The number of nitrogens with zero attached hydrogens (tertiary/aromatic N) is 1. The van der Waals surface area contributed by atoms with Crippen LogP contribution in [0.1, 0.15) is 33.3 Å². The van der Waals surface area contributed by atoms with Crippen LogP contribution in [0.5, 0.6) is 11.5 Å². The van der Waals surface area contributed by atoms with Gasteiger partial charge >= 0.3 is 0 Å². The van der Waals surface area contributed by atoms with Gasteiger partial charge in [-0.3, -0.25) is 9.59 Å². The minimum atomic E-state index is -0.732. The molecule has 7 heteroatoms. The Morgan fingerprint density at radius 1 is 1.06 bits per heavy atom. The van der Waals surface area contributed by atoms with Crippen LogP contribution in [0.25, 0.3) is 11.0 Å². The quantitative estimate of drug-likeness (QED) is 0.481. The summed E-state index contributed by atoms with van der Waals surface area (Å²) in [5.74, 6) is -0.187. The Labute approximate surface area is 188 Å². The Kier molecular flexibility index (Phi) is 4.87. The number of hydrogen-bond acceptors (Lipinski definition) is 5. The SMILES string of the molecule is COc1cc([C@@H]2c3c(oc4ccccc4c3=O)C(=O)N2Cc2ccccc2Cl)ccc1O. The number of carbonyl (C=O) groups is 1. The number of para-hydroxylation sites is 1. The zero-order chi connectivity index (χ0) is 22.4. The molecular weight excluding hydrogens is 430 g/mol. The summed E-state index contributed by atoms with van der Waals surface area (Å²) in [5, 5.41) is 11.0. The highest BCUT2D eigenvalue weighted by Gasteiger charge is 2.43. The predicted octanol–water partition coefficient (Wildman–Crippen LogP) is 4.91. The molecule has 6 nitrogen and oxygen atoms in total. The maximum atomic E-state index is 13.5. The smallest absolute Gasteiger partial charge is 0.291 e. The summed E-state index contributed by atoms with van der Waals surface area (Å²) < 4.78 is 11.2. The number of phenols is 1. The molecule has 160 valence electrons. The first kappa shape index (κ1) is 20.2. The molecule has 3 aromatic carbocycles. The maximum Gasteiger partial charge on any atom is 0.291 e. The zero-order valence-electron chi connectivity index (χ0n) is 17.0. The highest BCUT2D eigenvalue weighted by atomic mass is 35.5. The zero-order valence-corrected chi connectivity index (χ0v) is 17.8. The normalized spacial score (nSPS) is 15.2. The highest BCUT2D eigenvalue weighted by Crippen LogP contribution is 2.41. The fraction of sp³-hybridized carbons (Fsp3) is 0.120. The summed E-state index contributed by atoms with van der Waals surface area (Å²) in [7, 11) is 1.44. The number of amides is 1. The molecule has 32 heavy (non-hydrogen) atoms. The molecule has 4 aromatic rings. The Balaban J connectivity index is 1.75. The van der Waals surface area contributed by atoms with Gasteiger partial charge in [0.15, 0.2) is 16.9 Å². The van der Waals surface area contributed by atoms with Crippen LogP contribution in [0, 0.1) is 0 Å². The lowest BCUT2D eigenvalue weighted by atomic mass is 9.98. The van der Waals surface area contributed by atoms with E-state index in [0.29, 0.717) is 21.6 Å². The van der Waals surface area contributed by atoms with E-state index in [0.717, 1.165) is 5.56 Å². The second kappa shape index (κ2) is 7.73. The molecule has 2 heterocycles. The molecule has 0 spiro atoms. The van der Waals surface area contributed by atoms with E-state index in [-0.39, 0.29) is 34.8 Å². The van der Waals surface area contributed by atoms with E-state index in [1.54, 1.807) is 47.4 Å². The largest absolute Gasteiger partial charge is 0.504 e. The first-order valence-electron chi connectivity index (χ1n) is 9.96. The van der Waals surface area contributed by atoms with E-state index in [4.69, 9.17) is 20.8 Å². The average Bonchev–Trinajstić information content (AvgIpc) is 3.08. The molecule has 5 rings (SSSR count). The van der Waals surface area contributed by atoms with Crippen LogP contribution in [0.3, 0.4) is 0 Å². The molecule has 1 aliphatic rings. The lowest BCUT2D eigenvalue weighted by Crippen LogP contribution is -2.29. The molecule has 1 aliphatic heterocycles. The van der Waals surface area contributed by atoms with Crippen molar-refractivity contribution in [3.63, 3.8) is 0 Å². The third kappa shape index (κ3) is 3.11. The Morgan fingerprint density at radius 3 is 2.59 bits per heavy atom. The maximum absolute atomic E-state index is 13.5. The van der Waals surface area contributed by atoms with Gasteiger partial charge in [0.25, 0.3) is 5.91 Å². The van der Waals surface area contributed by atoms with Crippen molar-refractivity contribution in [2.45, 2.75) is 12.6 Å². The molecule has 1 aromatic heterocycles. The van der Waals surface area contributed by atoms with Gasteiger partial charge in [0, 0.05) is 11.6 Å². The number of benzene rings is 3. The summed E-state index contributed by atoms with van der Waals surface area (Å²) in [4.78, 5) is 28.5. The molecule has 0 radical (unpaired) electrons. The van der Waals surface area contributed by atoms with Crippen LogP contribution < -0.4 is 10.2 Å². The van der Waals surface area contributed by atoms with Crippen LogP contribution >= 0.6 is 11.6 Å². The van der Waals surface area contributed by atoms with Gasteiger partial charge in [-0.05, 0) is 41.5 Å². The molecule has 0 fully saturated rings. The molecule has 0 aliphatic carbocycles. The molecule has 0 saturated carbocycles. The molecule has 1 amide bonds. The number of phenolic OH excluding ortho intramolecular Hbond substituents is 1. The van der Waals surface area contributed by atoms with Gasteiger partial charge in [0.2, 0.25) is 5.76 Å². The molecule has 1 atom stereocenters. The topological polar surface area (TPSA) is 80.0 Å². The monoisotopic (exact) mass is 447 g/mol. The third-order valence-corrected chi connectivity index (χ3v) is 6.06. The van der Waals surface area contributed by atoms with Gasteiger partial charge in [-0.25, -0.2) is 0 Å². The number of halogens is 1. The first-order chi connectivity index (χ1) is 15.5. The summed E-state index contributed by atoms with van der Waals surface area (Å²) in [6.45, 7) is 0.173. The van der Waals surface area contributed by atoms with Crippen LogP contribution in [-0.2, 0) is 6.54 Å². The summed E-state index contributed by atoms with van der Waals surface area (Å²) >= 11 is 6.36. The summed E-state index contributed by atoms with van der Waals surface area (Å²) in [6, 6.07) is 18.1. The second-order valence-corrected chi connectivity index (χ2v) is 7.94. The third-order valence-electron chi connectivity index (χ3n) is 5.69. The van der Waals surface area contributed by atoms with Gasteiger partial charge in [-0.15, -0.1) is 0 Å². The van der Waals surface area contributed by atoms with Crippen molar-refractivity contribution in [3.8, 4) is 11.5 Å². The van der Waals surface area contributed by atoms with E-state index < -0.39 is 11.9 Å². The average molecular weight is 448 g/mol. The summed E-state index contributed by atoms with van der Waals surface area (Å²) in [5.41, 5.74) is 1.69. The van der Waals surface area contributed by atoms with E-state index in [1.165, 1.54) is 13.2 Å². The standard InChI is InChI=1S/C25H18ClNO5/c1-31-20-12-14(10-11-18(20)28)22-21-23(29)16-7-3-5-9-19(16)32-24(21)25(30)27(22)13-15-6-2-4-8-17(15)26/h2-12,22,28H,13H2,1H3/t22-/m1/s1. The van der Waals surface area contributed by atoms with Gasteiger partial charge in [-0.1, -0.05) is 48.0 Å². The lowest BCUT2D eigenvalue weighted by molar-refractivity contribution is 0.0714.